The molecule has 1 saturated heterocycles. The number of halogens is 1. The Labute approximate surface area is 93.2 Å². The Hall–Kier alpha value is -0.380. The summed E-state index contributed by atoms with van der Waals surface area (Å²) in [5.41, 5.74) is 6.49. The maximum Gasteiger partial charge on any atom is 0.0543 e. The van der Waals surface area contributed by atoms with Crippen LogP contribution in [0.2, 0.25) is 5.02 Å². The van der Waals surface area contributed by atoms with Gasteiger partial charge >= 0.3 is 0 Å². The molecule has 0 bridgehead atoms. The number of nitrogens with one attached hydrogen (secondary N) is 1. The summed E-state index contributed by atoms with van der Waals surface area (Å²) < 4.78 is 0. The van der Waals surface area contributed by atoms with Gasteiger partial charge in [0.1, 0.15) is 0 Å². The first kappa shape index (κ1) is 10.1. The van der Waals surface area contributed by atoms with Crippen LogP contribution in [0.3, 0.4) is 0 Å². The third-order valence-corrected chi connectivity index (χ3v) is 4.03. The lowest BCUT2D eigenvalue weighted by atomic mass is 10.3. The Morgan fingerprint density at radius 3 is 3.07 bits per heavy atom. The van der Waals surface area contributed by atoms with Crippen LogP contribution in [0.15, 0.2) is 23.1 Å². The third kappa shape index (κ3) is 2.35. The van der Waals surface area contributed by atoms with Gasteiger partial charge in [0.15, 0.2) is 0 Å². The molecule has 14 heavy (non-hydrogen) atoms. The summed E-state index contributed by atoms with van der Waals surface area (Å²) in [5.74, 6) is 0. The Morgan fingerprint density at radius 2 is 2.36 bits per heavy atom. The van der Waals surface area contributed by atoms with E-state index in [1.807, 2.05) is 30.0 Å². The van der Waals surface area contributed by atoms with Crippen LogP contribution in [0.1, 0.15) is 6.42 Å². The maximum absolute atomic E-state index is 6.08. The molecule has 0 radical (unpaired) electrons. The maximum atomic E-state index is 6.08. The zero-order chi connectivity index (χ0) is 9.97. The number of nitrogen functional groups attached to an aromatic ring is 1. The van der Waals surface area contributed by atoms with Gasteiger partial charge in [-0.1, -0.05) is 11.6 Å². The van der Waals surface area contributed by atoms with Crippen LogP contribution in [0.5, 0.6) is 0 Å². The van der Waals surface area contributed by atoms with Crippen molar-refractivity contribution in [3.63, 3.8) is 0 Å². The van der Waals surface area contributed by atoms with E-state index in [4.69, 9.17) is 17.3 Å². The monoisotopic (exact) mass is 228 g/mol. The molecule has 1 heterocycles. The smallest absolute Gasteiger partial charge is 0.0543 e. The largest absolute Gasteiger partial charge is 0.399 e. The van der Waals surface area contributed by atoms with Crippen molar-refractivity contribution in [3.8, 4) is 0 Å². The Balaban J connectivity index is 2.10. The van der Waals surface area contributed by atoms with E-state index in [1.165, 1.54) is 6.42 Å². The standard InChI is InChI=1S/C10H13ClN2S/c11-9-2-1-7(12)5-10(9)14-8-3-4-13-6-8/h1-2,5,8,13H,3-4,6,12H2. The van der Waals surface area contributed by atoms with Gasteiger partial charge in [-0.25, -0.2) is 0 Å². The van der Waals surface area contributed by atoms with Crippen molar-refractivity contribution in [3.05, 3.63) is 23.2 Å². The van der Waals surface area contributed by atoms with Gasteiger partial charge in [0.2, 0.25) is 0 Å². The summed E-state index contributed by atoms with van der Waals surface area (Å²) in [5, 5.41) is 4.77. The molecule has 0 aromatic heterocycles. The van der Waals surface area contributed by atoms with Crippen molar-refractivity contribution in [1.82, 2.24) is 5.32 Å². The predicted molar refractivity (Wildman–Crippen MR) is 63.0 cm³/mol. The van der Waals surface area contributed by atoms with Gasteiger partial charge in [0.05, 0.1) is 5.02 Å². The molecule has 2 rings (SSSR count). The van der Waals surface area contributed by atoms with E-state index in [0.717, 1.165) is 28.7 Å². The first-order valence-corrected chi connectivity index (χ1v) is 5.94. The zero-order valence-electron chi connectivity index (χ0n) is 7.79. The number of hydrogen-bond acceptors (Lipinski definition) is 3. The molecule has 1 unspecified atom stereocenters. The minimum atomic E-state index is 0.634. The van der Waals surface area contributed by atoms with Gasteiger partial charge in [0.25, 0.3) is 0 Å². The van der Waals surface area contributed by atoms with Crippen LogP contribution in [0.4, 0.5) is 5.69 Å². The molecule has 1 aromatic carbocycles. The average Bonchev–Trinajstić information content (AvgIpc) is 2.64. The van der Waals surface area contributed by atoms with E-state index in [2.05, 4.69) is 5.32 Å². The summed E-state index contributed by atoms with van der Waals surface area (Å²) in [6.45, 7) is 2.17. The lowest BCUT2D eigenvalue weighted by Crippen LogP contribution is -2.09. The Kier molecular flexibility index (Phi) is 3.21. The topological polar surface area (TPSA) is 38.0 Å². The minimum absolute atomic E-state index is 0.634. The number of anilines is 1. The fourth-order valence-corrected chi connectivity index (χ4v) is 2.95. The van der Waals surface area contributed by atoms with E-state index < -0.39 is 0 Å². The van der Waals surface area contributed by atoms with Crippen molar-refractivity contribution in [2.75, 3.05) is 18.8 Å². The van der Waals surface area contributed by atoms with Gasteiger partial charge < -0.3 is 11.1 Å². The van der Waals surface area contributed by atoms with E-state index >= 15 is 0 Å². The highest BCUT2D eigenvalue weighted by molar-refractivity contribution is 8.00. The van der Waals surface area contributed by atoms with Crippen molar-refractivity contribution in [2.24, 2.45) is 0 Å². The normalized spacial score (nSPS) is 21.4. The van der Waals surface area contributed by atoms with E-state index in [1.54, 1.807) is 0 Å². The lowest BCUT2D eigenvalue weighted by molar-refractivity contribution is 0.858. The van der Waals surface area contributed by atoms with E-state index in [-0.39, 0.29) is 0 Å². The molecule has 3 N–H and O–H groups in total. The molecule has 1 aliphatic heterocycles. The van der Waals surface area contributed by atoms with Crippen molar-refractivity contribution >= 4 is 29.1 Å². The zero-order valence-corrected chi connectivity index (χ0v) is 9.37. The summed E-state index contributed by atoms with van der Waals surface area (Å²) in [7, 11) is 0. The Morgan fingerprint density at radius 1 is 1.50 bits per heavy atom. The van der Waals surface area contributed by atoms with E-state index in [0.29, 0.717) is 5.25 Å². The summed E-state index contributed by atoms with van der Waals surface area (Å²) in [6, 6.07) is 5.65. The summed E-state index contributed by atoms with van der Waals surface area (Å²) in [4.78, 5) is 1.10. The van der Waals surface area contributed by atoms with Crippen LogP contribution in [0, 0.1) is 0 Å². The van der Waals surface area contributed by atoms with Gasteiger partial charge in [-0.15, -0.1) is 11.8 Å². The highest BCUT2D eigenvalue weighted by atomic mass is 35.5. The fourth-order valence-electron chi connectivity index (χ4n) is 1.52. The summed E-state index contributed by atoms with van der Waals surface area (Å²) >= 11 is 7.90. The molecule has 0 aliphatic carbocycles. The molecular weight excluding hydrogens is 216 g/mol. The number of rotatable bonds is 2. The third-order valence-electron chi connectivity index (χ3n) is 2.26. The second-order valence-electron chi connectivity index (χ2n) is 3.42. The molecule has 0 amide bonds. The Bertz CT molecular complexity index is 324. The molecule has 4 heteroatoms. The number of hydrogen-bond donors (Lipinski definition) is 2. The van der Waals surface area contributed by atoms with Gasteiger partial charge in [-0.2, -0.15) is 0 Å². The van der Waals surface area contributed by atoms with Crippen LogP contribution in [-0.4, -0.2) is 18.3 Å². The highest BCUT2D eigenvalue weighted by Crippen LogP contribution is 2.33. The predicted octanol–water partition coefficient (Wildman–Crippen LogP) is 2.38. The second-order valence-corrected chi connectivity index (χ2v) is 5.17. The molecule has 0 spiro atoms. The molecule has 1 fully saturated rings. The van der Waals surface area contributed by atoms with Crippen LogP contribution < -0.4 is 11.1 Å². The molecule has 1 atom stereocenters. The number of benzene rings is 1. The average molecular weight is 229 g/mol. The molecule has 76 valence electrons. The molecular formula is C10H13ClN2S. The van der Waals surface area contributed by atoms with Gasteiger partial charge in [-0.05, 0) is 31.2 Å². The molecule has 1 aromatic rings. The molecule has 1 aliphatic rings. The SMILES string of the molecule is Nc1ccc(Cl)c(SC2CCNC2)c1. The summed E-state index contributed by atoms with van der Waals surface area (Å²) in [6.07, 6.45) is 1.20. The van der Waals surface area contributed by atoms with Gasteiger partial charge in [-0.3, -0.25) is 0 Å². The number of thioether (sulfide) groups is 1. The quantitative estimate of drug-likeness (QED) is 0.764. The van der Waals surface area contributed by atoms with Gasteiger partial charge in [0, 0.05) is 22.4 Å². The van der Waals surface area contributed by atoms with Crippen molar-refractivity contribution in [2.45, 2.75) is 16.6 Å². The van der Waals surface area contributed by atoms with Crippen molar-refractivity contribution < 1.29 is 0 Å². The number of nitrogens with two attached hydrogens (primary N) is 1. The molecule has 0 saturated carbocycles. The minimum Gasteiger partial charge on any atom is -0.399 e. The van der Waals surface area contributed by atoms with Crippen LogP contribution >= 0.6 is 23.4 Å². The second kappa shape index (κ2) is 4.43. The van der Waals surface area contributed by atoms with Crippen molar-refractivity contribution in [1.29, 1.82) is 0 Å². The first-order chi connectivity index (χ1) is 6.75. The highest BCUT2D eigenvalue weighted by Gasteiger charge is 2.16. The van der Waals surface area contributed by atoms with Crippen LogP contribution in [-0.2, 0) is 0 Å². The first-order valence-electron chi connectivity index (χ1n) is 4.68. The van der Waals surface area contributed by atoms with E-state index in [9.17, 15) is 0 Å². The fraction of sp³-hybridized carbons (Fsp3) is 0.400. The van der Waals surface area contributed by atoms with Crippen LogP contribution in [0.25, 0.3) is 0 Å². The molecule has 2 nitrogen and oxygen atoms in total. The lowest BCUT2D eigenvalue weighted by Gasteiger charge is -2.09.